The molecule has 1 fully saturated rings. The molecule has 1 atom stereocenters. The summed E-state index contributed by atoms with van der Waals surface area (Å²) in [6, 6.07) is 6.66. The maximum absolute atomic E-state index is 13.3. The lowest BCUT2D eigenvalue weighted by atomic mass is 10.1. The van der Waals surface area contributed by atoms with E-state index in [1.165, 1.54) is 18.0 Å². The van der Waals surface area contributed by atoms with Crippen molar-refractivity contribution in [2.24, 2.45) is 0 Å². The largest absolute Gasteiger partial charge is 0.329 e. The van der Waals surface area contributed by atoms with E-state index in [2.05, 4.69) is 9.97 Å². The van der Waals surface area contributed by atoms with Gasteiger partial charge in [0.15, 0.2) is 20.7 Å². The number of benzene rings is 1. The van der Waals surface area contributed by atoms with Crippen molar-refractivity contribution in [3.63, 3.8) is 0 Å². The Hall–Kier alpha value is -1.35. The summed E-state index contributed by atoms with van der Waals surface area (Å²) < 4.78 is 24.0. The molecule has 1 aromatic heterocycles. The van der Waals surface area contributed by atoms with Crippen molar-refractivity contribution in [1.29, 1.82) is 0 Å². The molecule has 2 heterocycles. The number of carbonyl (C=O) groups excluding carboxylic acids is 1. The second kappa shape index (κ2) is 8.98. The smallest absolute Gasteiger partial charge is 0.274 e. The molecule has 6 nitrogen and oxygen atoms in total. The minimum absolute atomic E-state index is 0.0639. The number of nitrogens with zero attached hydrogens (tertiary/aromatic N) is 3. The molecule has 28 heavy (non-hydrogen) atoms. The molecule has 1 unspecified atom stereocenters. The number of sulfone groups is 1. The van der Waals surface area contributed by atoms with Crippen molar-refractivity contribution in [2.45, 2.75) is 31.1 Å². The molecule has 1 aliphatic heterocycles. The quantitative estimate of drug-likeness (QED) is 0.483. The topological polar surface area (TPSA) is 80.2 Å². The Morgan fingerprint density at radius 1 is 1.29 bits per heavy atom. The summed E-state index contributed by atoms with van der Waals surface area (Å²) >= 11 is 13.5. The van der Waals surface area contributed by atoms with Gasteiger partial charge in [0.1, 0.15) is 0 Å². The van der Waals surface area contributed by atoms with Gasteiger partial charge in [0.2, 0.25) is 0 Å². The zero-order chi connectivity index (χ0) is 20.3. The lowest BCUT2D eigenvalue weighted by Gasteiger charge is -2.28. The number of thioether (sulfide) groups is 1. The van der Waals surface area contributed by atoms with Crippen LogP contribution < -0.4 is 0 Å². The molecule has 10 heteroatoms. The summed E-state index contributed by atoms with van der Waals surface area (Å²) in [5.41, 5.74) is 0.932. The average molecular weight is 460 g/mol. The highest BCUT2D eigenvalue weighted by Gasteiger charge is 2.36. The van der Waals surface area contributed by atoms with E-state index in [1.807, 2.05) is 19.1 Å². The van der Waals surface area contributed by atoms with Crippen molar-refractivity contribution >= 4 is 50.7 Å². The molecule has 1 amide bonds. The van der Waals surface area contributed by atoms with Gasteiger partial charge in [0.05, 0.1) is 22.7 Å². The van der Waals surface area contributed by atoms with Gasteiger partial charge in [0.25, 0.3) is 5.91 Å². The van der Waals surface area contributed by atoms with Gasteiger partial charge >= 0.3 is 0 Å². The van der Waals surface area contributed by atoms with E-state index in [1.54, 1.807) is 17.0 Å². The van der Waals surface area contributed by atoms with Crippen LogP contribution in [0.3, 0.4) is 0 Å². The van der Waals surface area contributed by atoms with Crippen molar-refractivity contribution in [3.05, 3.63) is 51.8 Å². The van der Waals surface area contributed by atoms with E-state index in [9.17, 15) is 13.2 Å². The summed E-state index contributed by atoms with van der Waals surface area (Å²) in [5, 5.41) is 1.19. The fourth-order valence-corrected chi connectivity index (χ4v) is 5.58. The second-order valence-electron chi connectivity index (χ2n) is 6.40. The first-order chi connectivity index (χ1) is 13.3. The maximum Gasteiger partial charge on any atom is 0.274 e. The molecule has 0 N–H and O–H groups in total. The van der Waals surface area contributed by atoms with E-state index in [0.29, 0.717) is 16.6 Å². The van der Waals surface area contributed by atoms with Crippen molar-refractivity contribution in [1.82, 2.24) is 14.9 Å². The van der Waals surface area contributed by atoms with E-state index in [4.69, 9.17) is 23.2 Å². The Labute approximate surface area is 178 Å². The Morgan fingerprint density at radius 2 is 2.00 bits per heavy atom. The summed E-state index contributed by atoms with van der Waals surface area (Å²) in [6.07, 6.45) is 1.80. The maximum atomic E-state index is 13.3. The average Bonchev–Trinajstić information content (AvgIpc) is 3.02. The van der Waals surface area contributed by atoms with Crippen LogP contribution in [-0.2, 0) is 16.4 Å². The highest BCUT2D eigenvalue weighted by Crippen LogP contribution is 2.25. The first kappa shape index (κ1) is 21.4. The van der Waals surface area contributed by atoms with Gasteiger partial charge in [-0.1, -0.05) is 54.0 Å². The SMILES string of the molecule is CCSc1ncc(Cl)c(C(=O)N(Cc2ccc(Cl)cc2)C2CCS(=O)(=O)C2)n1. The fourth-order valence-electron chi connectivity index (χ4n) is 3.01. The normalized spacial score (nSPS) is 18.2. The predicted octanol–water partition coefficient (Wildman–Crippen LogP) is 3.72. The van der Waals surface area contributed by atoms with Crippen LogP contribution in [0.5, 0.6) is 0 Å². The molecule has 0 bridgehead atoms. The van der Waals surface area contributed by atoms with Gasteiger partial charge in [-0.15, -0.1) is 0 Å². The highest BCUT2D eigenvalue weighted by atomic mass is 35.5. The van der Waals surface area contributed by atoms with Crippen LogP contribution in [0.15, 0.2) is 35.6 Å². The third-order valence-corrected chi connectivity index (χ3v) is 7.40. The third-order valence-electron chi connectivity index (χ3n) is 4.37. The Morgan fingerprint density at radius 3 is 2.61 bits per heavy atom. The minimum atomic E-state index is -3.17. The Bertz CT molecular complexity index is 969. The number of carbonyl (C=O) groups is 1. The standard InChI is InChI=1S/C18H19Cl2N3O3S2/c1-2-27-18-21-9-15(20)16(22-18)17(24)23(14-7-8-28(25,26)11-14)10-12-3-5-13(19)6-4-12/h3-6,9,14H,2,7-8,10-11H2,1H3. The zero-order valence-corrected chi connectivity index (χ0v) is 18.3. The molecule has 0 radical (unpaired) electrons. The minimum Gasteiger partial charge on any atom is -0.329 e. The molecule has 1 aromatic carbocycles. The fraction of sp³-hybridized carbons (Fsp3) is 0.389. The van der Waals surface area contributed by atoms with Crippen LogP contribution in [0, 0.1) is 0 Å². The molecule has 150 valence electrons. The van der Waals surface area contributed by atoms with Gasteiger partial charge in [-0.2, -0.15) is 0 Å². The lowest BCUT2D eigenvalue weighted by molar-refractivity contribution is 0.0674. The first-order valence-electron chi connectivity index (χ1n) is 8.70. The van der Waals surface area contributed by atoms with Crippen LogP contribution in [0.1, 0.15) is 29.4 Å². The molecule has 1 aliphatic rings. The van der Waals surface area contributed by atoms with Crippen LogP contribution in [0.4, 0.5) is 0 Å². The Balaban J connectivity index is 1.94. The third kappa shape index (κ3) is 5.17. The van der Waals surface area contributed by atoms with Crippen LogP contribution in [-0.4, -0.2) is 52.5 Å². The van der Waals surface area contributed by atoms with Crippen LogP contribution >= 0.6 is 35.0 Å². The zero-order valence-electron chi connectivity index (χ0n) is 15.1. The number of amides is 1. The summed E-state index contributed by atoms with van der Waals surface area (Å²) in [6.45, 7) is 2.20. The monoisotopic (exact) mass is 459 g/mol. The van der Waals surface area contributed by atoms with Crippen LogP contribution in [0.25, 0.3) is 0 Å². The molecule has 1 saturated heterocycles. The van der Waals surface area contributed by atoms with Crippen LogP contribution in [0.2, 0.25) is 10.0 Å². The molecular formula is C18H19Cl2N3O3S2. The number of hydrogen-bond acceptors (Lipinski definition) is 6. The van der Waals surface area contributed by atoms with Gasteiger partial charge in [-0.3, -0.25) is 4.79 Å². The molecule has 3 rings (SSSR count). The molecule has 0 aliphatic carbocycles. The van der Waals surface area contributed by atoms with Gasteiger partial charge in [0, 0.05) is 17.6 Å². The van der Waals surface area contributed by atoms with E-state index in [-0.39, 0.29) is 28.8 Å². The number of rotatable bonds is 6. The summed E-state index contributed by atoms with van der Waals surface area (Å²) in [5.74, 6) is 0.356. The van der Waals surface area contributed by atoms with E-state index >= 15 is 0 Å². The molecular weight excluding hydrogens is 441 g/mol. The predicted molar refractivity (Wildman–Crippen MR) is 112 cm³/mol. The summed E-state index contributed by atoms with van der Waals surface area (Å²) in [7, 11) is -3.17. The van der Waals surface area contributed by atoms with Gasteiger partial charge in [-0.25, -0.2) is 18.4 Å². The van der Waals surface area contributed by atoms with Gasteiger partial charge < -0.3 is 4.90 Å². The highest BCUT2D eigenvalue weighted by molar-refractivity contribution is 7.99. The van der Waals surface area contributed by atoms with Crippen molar-refractivity contribution < 1.29 is 13.2 Å². The first-order valence-corrected chi connectivity index (χ1v) is 12.3. The number of halogens is 2. The molecule has 2 aromatic rings. The van der Waals surface area contributed by atoms with Gasteiger partial charge in [-0.05, 0) is 29.9 Å². The van der Waals surface area contributed by atoms with E-state index < -0.39 is 21.8 Å². The van der Waals surface area contributed by atoms with Crippen molar-refractivity contribution in [3.8, 4) is 0 Å². The lowest BCUT2D eigenvalue weighted by Crippen LogP contribution is -2.41. The molecule has 0 spiro atoms. The Kier molecular flexibility index (Phi) is 6.85. The second-order valence-corrected chi connectivity index (χ2v) is 10.7. The number of aromatic nitrogens is 2. The number of hydrogen-bond donors (Lipinski definition) is 0. The summed E-state index contributed by atoms with van der Waals surface area (Å²) in [4.78, 5) is 23.3. The van der Waals surface area contributed by atoms with E-state index in [0.717, 1.165) is 11.3 Å². The molecule has 0 saturated carbocycles. The van der Waals surface area contributed by atoms with Crippen molar-refractivity contribution in [2.75, 3.05) is 17.3 Å².